The number of nitrogens with one attached hydrogen (secondary N) is 1. The van der Waals surface area contributed by atoms with Gasteiger partial charge in [0, 0.05) is 18.0 Å². The molecule has 0 aliphatic rings. The second kappa shape index (κ2) is 8.67. The molecule has 0 spiro atoms. The standard InChI is InChI=1S/C16H22ClNO3/c1-11(2)15(12-6-5-7-13(17)10-12)16(21)18-9-4-3-8-14(19)20/h5-7,10-11,15H,3-4,8-9H2,1-2H3,(H,18,21)(H,19,20). The summed E-state index contributed by atoms with van der Waals surface area (Å²) in [6.07, 6.45) is 1.37. The molecule has 21 heavy (non-hydrogen) atoms. The summed E-state index contributed by atoms with van der Waals surface area (Å²) < 4.78 is 0. The van der Waals surface area contributed by atoms with E-state index in [9.17, 15) is 9.59 Å². The fourth-order valence-corrected chi connectivity index (χ4v) is 2.46. The molecule has 0 heterocycles. The van der Waals surface area contributed by atoms with Crippen LogP contribution in [0.3, 0.4) is 0 Å². The number of aliphatic carboxylic acids is 1. The van der Waals surface area contributed by atoms with Gasteiger partial charge in [-0.3, -0.25) is 9.59 Å². The average Bonchev–Trinajstić information content (AvgIpc) is 2.37. The van der Waals surface area contributed by atoms with Crippen LogP contribution in [0.25, 0.3) is 0 Å². The number of carboxylic acid groups (broad SMARTS) is 1. The lowest BCUT2D eigenvalue weighted by Gasteiger charge is -2.21. The van der Waals surface area contributed by atoms with Crippen molar-refractivity contribution in [3.63, 3.8) is 0 Å². The Morgan fingerprint density at radius 3 is 2.57 bits per heavy atom. The first-order valence-electron chi connectivity index (χ1n) is 7.16. The molecule has 0 bridgehead atoms. The van der Waals surface area contributed by atoms with Crippen LogP contribution in [-0.2, 0) is 9.59 Å². The van der Waals surface area contributed by atoms with Crippen LogP contribution in [0, 0.1) is 5.92 Å². The van der Waals surface area contributed by atoms with Crippen LogP contribution in [-0.4, -0.2) is 23.5 Å². The van der Waals surface area contributed by atoms with Crippen LogP contribution in [0.1, 0.15) is 44.6 Å². The fourth-order valence-electron chi connectivity index (χ4n) is 2.26. The van der Waals surface area contributed by atoms with Gasteiger partial charge in [-0.25, -0.2) is 0 Å². The molecule has 0 saturated carbocycles. The molecule has 1 atom stereocenters. The largest absolute Gasteiger partial charge is 0.481 e. The zero-order valence-electron chi connectivity index (χ0n) is 12.4. The summed E-state index contributed by atoms with van der Waals surface area (Å²) in [5.41, 5.74) is 0.903. The molecular formula is C16H22ClNO3. The van der Waals surface area contributed by atoms with E-state index < -0.39 is 5.97 Å². The molecule has 0 fully saturated rings. The van der Waals surface area contributed by atoms with E-state index in [1.54, 1.807) is 6.07 Å². The van der Waals surface area contributed by atoms with E-state index >= 15 is 0 Å². The van der Waals surface area contributed by atoms with E-state index in [1.807, 2.05) is 32.0 Å². The lowest BCUT2D eigenvalue weighted by Crippen LogP contribution is -2.32. The lowest BCUT2D eigenvalue weighted by atomic mass is 9.87. The number of halogens is 1. The second-order valence-corrected chi connectivity index (χ2v) is 5.86. The van der Waals surface area contributed by atoms with Gasteiger partial charge in [0.2, 0.25) is 5.91 Å². The van der Waals surface area contributed by atoms with Crippen LogP contribution < -0.4 is 5.32 Å². The molecule has 1 amide bonds. The number of unbranched alkanes of at least 4 members (excludes halogenated alkanes) is 1. The Labute approximate surface area is 130 Å². The van der Waals surface area contributed by atoms with E-state index in [0.717, 1.165) is 5.56 Å². The Kier molecular flexibility index (Phi) is 7.23. The predicted octanol–water partition coefficient (Wildman–Crippen LogP) is 3.45. The molecule has 1 aromatic carbocycles. The van der Waals surface area contributed by atoms with Crippen molar-refractivity contribution in [2.75, 3.05) is 6.54 Å². The third kappa shape index (κ3) is 6.17. The number of amides is 1. The van der Waals surface area contributed by atoms with Gasteiger partial charge in [-0.05, 0) is 36.5 Å². The molecule has 1 aromatic rings. The minimum Gasteiger partial charge on any atom is -0.481 e. The third-order valence-electron chi connectivity index (χ3n) is 3.27. The number of carbonyl (C=O) groups is 2. The highest BCUT2D eigenvalue weighted by Gasteiger charge is 2.23. The van der Waals surface area contributed by atoms with Crippen molar-refractivity contribution in [1.29, 1.82) is 0 Å². The summed E-state index contributed by atoms with van der Waals surface area (Å²) in [7, 11) is 0. The Morgan fingerprint density at radius 2 is 2.00 bits per heavy atom. The molecule has 116 valence electrons. The molecule has 1 unspecified atom stereocenters. The van der Waals surface area contributed by atoms with Crippen molar-refractivity contribution in [3.8, 4) is 0 Å². The normalized spacial score (nSPS) is 12.2. The molecule has 0 aliphatic heterocycles. The van der Waals surface area contributed by atoms with E-state index in [-0.39, 0.29) is 24.2 Å². The van der Waals surface area contributed by atoms with Crippen LogP contribution >= 0.6 is 11.6 Å². The first-order chi connectivity index (χ1) is 9.91. The number of hydrogen-bond acceptors (Lipinski definition) is 2. The van der Waals surface area contributed by atoms with E-state index in [1.165, 1.54) is 0 Å². The van der Waals surface area contributed by atoms with Crippen molar-refractivity contribution in [2.24, 2.45) is 5.92 Å². The van der Waals surface area contributed by atoms with E-state index in [0.29, 0.717) is 24.4 Å². The van der Waals surface area contributed by atoms with Crippen LogP contribution in [0.5, 0.6) is 0 Å². The van der Waals surface area contributed by atoms with Gasteiger partial charge in [-0.2, -0.15) is 0 Å². The molecule has 0 radical (unpaired) electrons. The number of benzene rings is 1. The summed E-state index contributed by atoms with van der Waals surface area (Å²) in [5.74, 6) is -0.937. The highest BCUT2D eigenvalue weighted by Crippen LogP contribution is 2.26. The predicted molar refractivity (Wildman–Crippen MR) is 83.5 cm³/mol. The summed E-state index contributed by atoms with van der Waals surface area (Å²) in [6, 6.07) is 7.34. The number of hydrogen-bond donors (Lipinski definition) is 2. The Bertz CT molecular complexity index is 488. The van der Waals surface area contributed by atoms with Gasteiger partial charge in [0.1, 0.15) is 0 Å². The zero-order valence-corrected chi connectivity index (χ0v) is 13.2. The molecule has 0 saturated heterocycles. The Balaban J connectivity index is 2.57. The molecule has 5 heteroatoms. The first-order valence-corrected chi connectivity index (χ1v) is 7.54. The van der Waals surface area contributed by atoms with Gasteiger partial charge in [-0.1, -0.05) is 37.6 Å². The van der Waals surface area contributed by atoms with Gasteiger partial charge in [0.05, 0.1) is 5.92 Å². The number of rotatable bonds is 8. The lowest BCUT2D eigenvalue weighted by molar-refractivity contribution is -0.137. The van der Waals surface area contributed by atoms with Crippen LogP contribution in [0.4, 0.5) is 0 Å². The summed E-state index contributed by atoms with van der Waals surface area (Å²) >= 11 is 5.99. The fraction of sp³-hybridized carbons (Fsp3) is 0.500. The maximum absolute atomic E-state index is 12.3. The molecule has 0 aliphatic carbocycles. The second-order valence-electron chi connectivity index (χ2n) is 5.42. The van der Waals surface area contributed by atoms with Gasteiger partial charge in [0.15, 0.2) is 0 Å². The SMILES string of the molecule is CC(C)C(C(=O)NCCCCC(=O)O)c1cccc(Cl)c1. The van der Waals surface area contributed by atoms with Gasteiger partial charge >= 0.3 is 5.97 Å². The minimum atomic E-state index is -0.805. The molecule has 0 aromatic heterocycles. The smallest absolute Gasteiger partial charge is 0.303 e. The summed E-state index contributed by atoms with van der Waals surface area (Å²) in [6.45, 7) is 4.49. The van der Waals surface area contributed by atoms with Gasteiger partial charge in [-0.15, -0.1) is 0 Å². The number of carboxylic acids is 1. The van der Waals surface area contributed by atoms with Crippen molar-refractivity contribution in [3.05, 3.63) is 34.9 Å². The van der Waals surface area contributed by atoms with Gasteiger partial charge < -0.3 is 10.4 Å². The van der Waals surface area contributed by atoms with Crippen molar-refractivity contribution < 1.29 is 14.7 Å². The monoisotopic (exact) mass is 311 g/mol. The van der Waals surface area contributed by atoms with Crippen molar-refractivity contribution >= 4 is 23.5 Å². The van der Waals surface area contributed by atoms with E-state index in [2.05, 4.69) is 5.32 Å². The molecular weight excluding hydrogens is 290 g/mol. The highest BCUT2D eigenvalue weighted by atomic mass is 35.5. The first kappa shape index (κ1) is 17.5. The maximum atomic E-state index is 12.3. The van der Waals surface area contributed by atoms with Crippen molar-refractivity contribution in [2.45, 2.75) is 39.0 Å². The van der Waals surface area contributed by atoms with Gasteiger partial charge in [0.25, 0.3) is 0 Å². The molecule has 2 N–H and O–H groups in total. The highest BCUT2D eigenvalue weighted by molar-refractivity contribution is 6.30. The van der Waals surface area contributed by atoms with E-state index in [4.69, 9.17) is 16.7 Å². The Morgan fingerprint density at radius 1 is 1.29 bits per heavy atom. The van der Waals surface area contributed by atoms with Crippen LogP contribution in [0.15, 0.2) is 24.3 Å². The average molecular weight is 312 g/mol. The topological polar surface area (TPSA) is 66.4 Å². The maximum Gasteiger partial charge on any atom is 0.303 e. The van der Waals surface area contributed by atoms with Crippen LogP contribution in [0.2, 0.25) is 5.02 Å². The minimum absolute atomic E-state index is 0.0393. The molecule has 4 nitrogen and oxygen atoms in total. The summed E-state index contributed by atoms with van der Waals surface area (Å²) in [5, 5.41) is 12.1. The number of carbonyl (C=O) groups excluding carboxylic acids is 1. The zero-order chi connectivity index (χ0) is 15.8. The summed E-state index contributed by atoms with van der Waals surface area (Å²) in [4.78, 5) is 22.7. The Hall–Kier alpha value is -1.55. The van der Waals surface area contributed by atoms with Crippen molar-refractivity contribution in [1.82, 2.24) is 5.32 Å². The third-order valence-corrected chi connectivity index (χ3v) is 3.51. The quantitative estimate of drug-likeness (QED) is 0.723. The molecule has 1 rings (SSSR count).